The minimum atomic E-state index is -0.450. The highest BCUT2D eigenvalue weighted by Gasteiger charge is 2.18. The van der Waals surface area contributed by atoms with Gasteiger partial charge in [-0.2, -0.15) is 0 Å². The zero-order valence-electron chi connectivity index (χ0n) is 9.36. The number of aliphatic hydroxyl groups is 2. The van der Waals surface area contributed by atoms with E-state index >= 15 is 0 Å². The maximum Gasteiger partial charge on any atom is 0.0591 e. The second-order valence-corrected chi connectivity index (χ2v) is 3.84. The molecule has 14 heavy (non-hydrogen) atoms. The standard InChI is InChI=1S/C10H23NO3/c1-8(6-12)10(13)4-9(5-11-2)7-14-3/h8-13H,4-7H2,1-3H3. The van der Waals surface area contributed by atoms with Gasteiger partial charge in [0.15, 0.2) is 0 Å². The Morgan fingerprint density at radius 2 is 2.07 bits per heavy atom. The first-order valence-corrected chi connectivity index (χ1v) is 5.08. The third-order valence-electron chi connectivity index (χ3n) is 2.41. The Hall–Kier alpha value is -0.160. The molecule has 86 valence electrons. The smallest absolute Gasteiger partial charge is 0.0591 e. The van der Waals surface area contributed by atoms with Gasteiger partial charge in [0, 0.05) is 19.6 Å². The van der Waals surface area contributed by atoms with Crippen LogP contribution in [0.25, 0.3) is 0 Å². The molecule has 0 aliphatic carbocycles. The lowest BCUT2D eigenvalue weighted by Crippen LogP contribution is -2.30. The number of methoxy groups -OCH3 is 1. The van der Waals surface area contributed by atoms with Crippen molar-refractivity contribution in [2.45, 2.75) is 19.4 Å². The Morgan fingerprint density at radius 3 is 2.50 bits per heavy atom. The number of nitrogens with one attached hydrogen (secondary N) is 1. The van der Waals surface area contributed by atoms with E-state index in [1.165, 1.54) is 0 Å². The zero-order valence-corrected chi connectivity index (χ0v) is 9.36. The molecular weight excluding hydrogens is 182 g/mol. The van der Waals surface area contributed by atoms with Gasteiger partial charge >= 0.3 is 0 Å². The van der Waals surface area contributed by atoms with Crippen LogP contribution >= 0.6 is 0 Å². The lowest BCUT2D eigenvalue weighted by Gasteiger charge is -2.22. The fourth-order valence-electron chi connectivity index (χ4n) is 1.43. The summed E-state index contributed by atoms with van der Waals surface area (Å²) in [5, 5.41) is 21.6. The highest BCUT2D eigenvalue weighted by molar-refractivity contribution is 4.70. The summed E-state index contributed by atoms with van der Waals surface area (Å²) < 4.78 is 5.06. The van der Waals surface area contributed by atoms with E-state index in [1.807, 2.05) is 14.0 Å². The Labute approximate surface area is 86.3 Å². The summed E-state index contributed by atoms with van der Waals surface area (Å²) in [5.41, 5.74) is 0. The van der Waals surface area contributed by atoms with Crippen LogP contribution in [0, 0.1) is 11.8 Å². The fourth-order valence-corrected chi connectivity index (χ4v) is 1.43. The summed E-state index contributed by atoms with van der Waals surface area (Å²) in [7, 11) is 3.54. The number of hydrogen-bond acceptors (Lipinski definition) is 4. The average Bonchev–Trinajstić information content (AvgIpc) is 2.17. The van der Waals surface area contributed by atoms with Crippen LogP contribution in [0.4, 0.5) is 0 Å². The van der Waals surface area contributed by atoms with Crippen LogP contribution in [0.5, 0.6) is 0 Å². The largest absolute Gasteiger partial charge is 0.396 e. The summed E-state index contributed by atoms with van der Waals surface area (Å²) in [6, 6.07) is 0. The molecule has 0 spiro atoms. The molecule has 0 bridgehead atoms. The van der Waals surface area contributed by atoms with Crippen molar-refractivity contribution < 1.29 is 14.9 Å². The van der Waals surface area contributed by atoms with Gasteiger partial charge in [0.1, 0.15) is 0 Å². The summed E-state index contributed by atoms with van der Waals surface area (Å²) in [4.78, 5) is 0. The monoisotopic (exact) mass is 205 g/mol. The quantitative estimate of drug-likeness (QED) is 0.515. The molecule has 0 saturated carbocycles. The molecule has 0 fully saturated rings. The van der Waals surface area contributed by atoms with E-state index in [2.05, 4.69) is 5.32 Å². The van der Waals surface area contributed by atoms with Crippen LogP contribution < -0.4 is 5.32 Å². The minimum absolute atomic E-state index is 0.0282. The van der Waals surface area contributed by atoms with E-state index in [1.54, 1.807) is 7.11 Å². The molecule has 0 amide bonds. The van der Waals surface area contributed by atoms with Crippen molar-refractivity contribution in [2.75, 3.05) is 33.9 Å². The molecule has 0 aromatic heterocycles. The molecule has 4 nitrogen and oxygen atoms in total. The van der Waals surface area contributed by atoms with Gasteiger partial charge in [0.05, 0.1) is 12.7 Å². The molecule has 3 N–H and O–H groups in total. The molecule has 3 atom stereocenters. The Morgan fingerprint density at radius 1 is 1.43 bits per heavy atom. The van der Waals surface area contributed by atoms with E-state index in [9.17, 15) is 5.11 Å². The second kappa shape index (κ2) is 8.17. The Balaban J connectivity index is 3.87. The molecule has 0 aliphatic rings. The Bertz CT molecular complexity index is 127. The highest BCUT2D eigenvalue weighted by Crippen LogP contribution is 2.13. The maximum absolute atomic E-state index is 9.70. The second-order valence-electron chi connectivity index (χ2n) is 3.84. The van der Waals surface area contributed by atoms with Gasteiger partial charge in [-0.05, 0) is 25.9 Å². The van der Waals surface area contributed by atoms with Gasteiger partial charge in [-0.25, -0.2) is 0 Å². The van der Waals surface area contributed by atoms with E-state index in [0.717, 1.165) is 6.54 Å². The first-order valence-electron chi connectivity index (χ1n) is 5.08. The van der Waals surface area contributed by atoms with Gasteiger partial charge < -0.3 is 20.3 Å². The van der Waals surface area contributed by atoms with Crippen LogP contribution in [-0.4, -0.2) is 50.2 Å². The van der Waals surface area contributed by atoms with E-state index < -0.39 is 6.10 Å². The number of hydrogen-bond donors (Lipinski definition) is 3. The van der Waals surface area contributed by atoms with Crippen LogP contribution in [0.3, 0.4) is 0 Å². The predicted molar refractivity (Wildman–Crippen MR) is 56.2 cm³/mol. The topological polar surface area (TPSA) is 61.7 Å². The molecule has 3 unspecified atom stereocenters. The normalized spacial score (nSPS) is 17.8. The summed E-state index contributed by atoms with van der Waals surface area (Å²) in [6.45, 7) is 3.33. The van der Waals surface area contributed by atoms with E-state index in [-0.39, 0.29) is 12.5 Å². The molecule has 0 saturated heterocycles. The third kappa shape index (κ3) is 5.54. The molecule has 0 aromatic carbocycles. The maximum atomic E-state index is 9.70. The first kappa shape index (κ1) is 13.8. The lowest BCUT2D eigenvalue weighted by atomic mass is 9.94. The molecule has 0 aliphatic heterocycles. The van der Waals surface area contributed by atoms with Crippen LogP contribution in [-0.2, 0) is 4.74 Å². The van der Waals surface area contributed by atoms with Crippen molar-refractivity contribution >= 4 is 0 Å². The van der Waals surface area contributed by atoms with Crippen molar-refractivity contribution in [3.63, 3.8) is 0 Å². The third-order valence-corrected chi connectivity index (χ3v) is 2.41. The van der Waals surface area contributed by atoms with E-state index in [0.29, 0.717) is 18.9 Å². The number of rotatable bonds is 8. The van der Waals surface area contributed by atoms with Crippen molar-refractivity contribution in [1.29, 1.82) is 0 Å². The lowest BCUT2D eigenvalue weighted by molar-refractivity contribution is 0.0415. The first-order chi connectivity index (χ1) is 6.65. The summed E-state index contributed by atoms with van der Waals surface area (Å²) in [5.74, 6) is 0.236. The van der Waals surface area contributed by atoms with Gasteiger partial charge in [-0.15, -0.1) is 0 Å². The summed E-state index contributed by atoms with van der Waals surface area (Å²) in [6.07, 6.45) is 0.213. The van der Waals surface area contributed by atoms with Crippen molar-refractivity contribution in [2.24, 2.45) is 11.8 Å². The zero-order chi connectivity index (χ0) is 11.0. The summed E-state index contributed by atoms with van der Waals surface area (Å²) >= 11 is 0. The molecule has 4 heteroatoms. The average molecular weight is 205 g/mol. The van der Waals surface area contributed by atoms with Gasteiger partial charge in [-0.3, -0.25) is 0 Å². The minimum Gasteiger partial charge on any atom is -0.396 e. The molecular formula is C10H23NO3. The predicted octanol–water partition coefficient (Wildman–Crippen LogP) is -0.152. The number of ether oxygens (including phenoxy) is 1. The van der Waals surface area contributed by atoms with Gasteiger partial charge in [-0.1, -0.05) is 6.92 Å². The van der Waals surface area contributed by atoms with Gasteiger partial charge in [0.2, 0.25) is 0 Å². The van der Waals surface area contributed by atoms with Crippen LogP contribution in [0.2, 0.25) is 0 Å². The van der Waals surface area contributed by atoms with Crippen LogP contribution in [0.1, 0.15) is 13.3 Å². The van der Waals surface area contributed by atoms with E-state index in [4.69, 9.17) is 9.84 Å². The van der Waals surface area contributed by atoms with Gasteiger partial charge in [0.25, 0.3) is 0 Å². The molecule has 0 heterocycles. The van der Waals surface area contributed by atoms with Crippen molar-refractivity contribution in [1.82, 2.24) is 5.32 Å². The van der Waals surface area contributed by atoms with Crippen molar-refractivity contribution in [3.05, 3.63) is 0 Å². The molecule has 0 aromatic rings. The van der Waals surface area contributed by atoms with Crippen LogP contribution in [0.15, 0.2) is 0 Å². The Kier molecular flexibility index (Phi) is 8.08. The molecule has 0 rings (SSSR count). The van der Waals surface area contributed by atoms with Crippen molar-refractivity contribution in [3.8, 4) is 0 Å². The SMILES string of the molecule is CNCC(COC)CC(O)C(C)CO. The fraction of sp³-hybridized carbons (Fsp3) is 1.00. The molecule has 0 radical (unpaired) electrons. The highest BCUT2D eigenvalue weighted by atomic mass is 16.5. The number of aliphatic hydroxyl groups excluding tert-OH is 2.